The van der Waals surface area contributed by atoms with Crippen molar-refractivity contribution < 1.29 is 22.8 Å². The average molecular weight is 496 g/mol. The Balaban J connectivity index is 1.42. The first-order valence-electron chi connectivity index (χ1n) is 9.17. The number of nitrogens with zero attached hydrogens (tertiary/aromatic N) is 5. The lowest BCUT2D eigenvalue weighted by atomic mass is 10.2. The van der Waals surface area contributed by atoms with E-state index in [9.17, 15) is 22.8 Å². The van der Waals surface area contributed by atoms with Crippen molar-refractivity contribution in [3.63, 3.8) is 0 Å². The fourth-order valence-electron chi connectivity index (χ4n) is 2.89. The minimum Gasteiger partial charge on any atom is -0.344 e. The van der Waals surface area contributed by atoms with Crippen molar-refractivity contribution in [2.24, 2.45) is 7.05 Å². The molecule has 4 aromatic rings. The molecule has 0 atom stereocenters. The van der Waals surface area contributed by atoms with E-state index in [0.29, 0.717) is 16.0 Å². The van der Waals surface area contributed by atoms with Crippen LogP contribution in [-0.4, -0.2) is 36.5 Å². The number of aromatic nitrogens is 5. The van der Waals surface area contributed by atoms with E-state index >= 15 is 0 Å². The molecule has 170 valence electrons. The second-order valence-corrected chi connectivity index (χ2v) is 8.20. The topological polar surface area (TPSA) is 115 Å². The fraction of sp³-hybridized carbons (Fsp3) is 0.158. The Labute approximate surface area is 192 Å². The molecule has 3 heterocycles. The Bertz CT molecular complexity index is 1370. The Morgan fingerprint density at radius 1 is 1.15 bits per heavy atom. The van der Waals surface area contributed by atoms with Gasteiger partial charge in [0.2, 0.25) is 0 Å². The standard InChI is InChI=1S/C19H13ClF3N7O2S/c1-30-16-10(5-28-30)15(26-8-27-16)18(32)25-7-14-24-6-13(33-14)17(31)29-9-2-3-12(20)11(4-9)19(21,22)23/h2-6,8H,7H2,1H3,(H,25,32)(H,29,31). The third-order valence-electron chi connectivity index (χ3n) is 4.45. The number of aryl methyl sites for hydroxylation is 1. The summed E-state index contributed by atoms with van der Waals surface area (Å²) in [5, 5.41) is 9.52. The van der Waals surface area contributed by atoms with Gasteiger partial charge in [-0.15, -0.1) is 11.3 Å². The van der Waals surface area contributed by atoms with Crippen LogP contribution in [0.2, 0.25) is 5.02 Å². The van der Waals surface area contributed by atoms with Crippen LogP contribution < -0.4 is 10.6 Å². The fourth-order valence-corrected chi connectivity index (χ4v) is 3.87. The van der Waals surface area contributed by atoms with Crippen LogP contribution in [0.3, 0.4) is 0 Å². The van der Waals surface area contributed by atoms with Gasteiger partial charge >= 0.3 is 6.18 Å². The lowest BCUT2D eigenvalue weighted by Crippen LogP contribution is -2.24. The number of amides is 2. The second-order valence-electron chi connectivity index (χ2n) is 6.68. The van der Waals surface area contributed by atoms with E-state index in [4.69, 9.17) is 11.6 Å². The summed E-state index contributed by atoms with van der Waals surface area (Å²) in [4.78, 5) is 37.2. The van der Waals surface area contributed by atoms with Gasteiger partial charge in [-0.25, -0.2) is 15.0 Å². The minimum atomic E-state index is -4.65. The van der Waals surface area contributed by atoms with Gasteiger partial charge in [0, 0.05) is 12.7 Å². The number of carbonyl (C=O) groups excluding carboxylic acids is 2. The maximum atomic E-state index is 13.0. The van der Waals surface area contributed by atoms with Crippen molar-refractivity contribution in [1.82, 2.24) is 30.0 Å². The number of halogens is 4. The summed E-state index contributed by atoms with van der Waals surface area (Å²) in [6.07, 6.45) is -0.645. The van der Waals surface area contributed by atoms with Crippen LogP contribution in [-0.2, 0) is 19.8 Å². The van der Waals surface area contributed by atoms with Gasteiger partial charge < -0.3 is 10.6 Å². The van der Waals surface area contributed by atoms with Crippen LogP contribution in [0.5, 0.6) is 0 Å². The summed E-state index contributed by atoms with van der Waals surface area (Å²) in [6, 6.07) is 3.07. The highest BCUT2D eigenvalue weighted by molar-refractivity contribution is 7.13. The molecule has 9 nitrogen and oxygen atoms in total. The summed E-state index contributed by atoms with van der Waals surface area (Å²) >= 11 is 6.57. The Hall–Kier alpha value is -3.58. The van der Waals surface area contributed by atoms with Gasteiger partial charge in [0.1, 0.15) is 21.9 Å². The first kappa shape index (κ1) is 22.6. The third-order valence-corrected chi connectivity index (χ3v) is 5.78. The number of thiazole rings is 1. The van der Waals surface area contributed by atoms with Crippen molar-refractivity contribution in [2.75, 3.05) is 5.32 Å². The maximum Gasteiger partial charge on any atom is 0.417 e. The van der Waals surface area contributed by atoms with E-state index in [0.717, 1.165) is 23.5 Å². The van der Waals surface area contributed by atoms with Crippen molar-refractivity contribution >= 4 is 51.5 Å². The van der Waals surface area contributed by atoms with Gasteiger partial charge in [0.05, 0.1) is 34.9 Å². The van der Waals surface area contributed by atoms with E-state index < -0.39 is 28.6 Å². The number of carbonyl (C=O) groups is 2. The SMILES string of the molecule is Cn1ncc2c(C(=O)NCc3ncc(C(=O)Nc4ccc(Cl)c(C(F)(F)F)c4)s3)ncnc21. The molecule has 0 aliphatic carbocycles. The highest BCUT2D eigenvalue weighted by Crippen LogP contribution is 2.36. The number of nitrogens with one attached hydrogen (secondary N) is 2. The van der Waals surface area contributed by atoms with E-state index in [1.807, 2.05) is 0 Å². The van der Waals surface area contributed by atoms with Gasteiger partial charge in [-0.05, 0) is 18.2 Å². The molecule has 0 aliphatic rings. The van der Waals surface area contributed by atoms with Gasteiger partial charge in [-0.3, -0.25) is 14.3 Å². The van der Waals surface area contributed by atoms with Crippen molar-refractivity contribution in [2.45, 2.75) is 12.7 Å². The maximum absolute atomic E-state index is 13.0. The van der Waals surface area contributed by atoms with Gasteiger partial charge in [0.25, 0.3) is 11.8 Å². The van der Waals surface area contributed by atoms with Crippen LogP contribution in [0.4, 0.5) is 18.9 Å². The molecular weight excluding hydrogens is 483 g/mol. The Kier molecular flexibility index (Phi) is 5.99. The van der Waals surface area contributed by atoms with Crippen molar-refractivity contribution in [3.8, 4) is 0 Å². The molecule has 1 aromatic carbocycles. The number of hydrogen-bond acceptors (Lipinski definition) is 7. The molecule has 0 bridgehead atoms. The molecule has 4 rings (SSSR count). The first-order chi connectivity index (χ1) is 15.6. The number of fused-ring (bicyclic) bond motifs is 1. The molecule has 2 amide bonds. The Morgan fingerprint density at radius 2 is 1.94 bits per heavy atom. The summed E-state index contributed by atoms with van der Waals surface area (Å²) in [5.74, 6) is -1.12. The highest BCUT2D eigenvalue weighted by Gasteiger charge is 2.33. The van der Waals surface area contributed by atoms with E-state index in [-0.39, 0.29) is 22.8 Å². The number of anilines is 1. The van der Waals surface area contributed by atoms with Gasteiger partial charge in [0.15, 0.2) is 5.65 Å². The quantitative estimate of drug-likeness (QED) is 0.436. The van der Waals surface area contributed by atoms with Crippen molar-refractivity contribution in [3.05, 3.63) is 63.1 Å². The molecular formula is C19H13ClF3N7O2S. The van der Waals surface area contributed by atoms with Gasteiger partial charge in [-0.1, -0.05) is 11.6 Å². The lowest BCUT2D eigenvalue weighted by molar-refractivity contribution is -0.137. The molecule has 33 heavy (non-hydrogen) atoms. The normalized spacial score (nSPS) is 11.5. The van der Waals surface area contributed by atoms with Crippen LogP contribution in [0.25, 0.3) is 11.0 Å². The monoisotopic (exact) mass is 495 g/mol. The number of benzene rings is 1. The zero-order chi connectivity index (χ0) is 23.8. The van der Waals surface area contributed by atoms with Crippen molar-refractivity contribution in [1.29, 1.82) is 0 Å². The number of hydrogen-bond donors (Lipinski definition) is 2. The van der Waals surface area contributed by atoms with E-state index in [1.165, 1.54) is 29.5 Å². The molecule has 0 saturated heterocycles. The highest BCUT2D eigenvalue weighted by atomic mass is 35.5. The number of alkyl halides is 3. The third kappa shape index (κ3) is 4.78. The van der Waals surface area contributed by atoms with E-state index in [2.05, 4.69) is 30.7 Å². The molecule has 0 radical (unpaired) electrons. The smallest absolute Gasteiger partial charge is 0.344 e. The lowest BCUT2D eigenvalue weighted by Gasteiger charge is -2.11. The molecule has 14 heteroatoms. The molecule has 0 spiro atoms. The van der Waals surface area contributed by atoms with Crippen LogP contribution in [0.15, 0.2) is 36.9 Å². The molecule has 0 saturated carbocycles. The molecule has 2 N–H and O–H groups in total. The van der Waals surface area contributed by atoms with Crippen LogP contribution in [0.1, 0.15) is 30.7 Å². The van der Waals surface area contributed by atoms with Crippen LogP contribution >= 0.6 is 22.9 Å². The minimum absolute atomic E-state index is 0.0156. The van der Waals surface area contributed by atoms with E-state index in [1.54, 1.807) is 7.05 Å². The molecule has 3 aromatic heterocycles. The predicted molar refractivity (Wildman–Crippen MR) is 114 cm³/mol. The Morgan fingerprint density at radius 3 is 2.70 bits per heavy atom. The summed E-state index contributed by atoms with van der Waals surface area (Å²) in [5.41, 5.74) is -0.476. The molecule has 0 unspecified atom stereocenters. The summed E-state index contributed by atoms with van der Waals surface area (Å²) < 4.78 is 40.5. The first-order valence-corrected chi connectivity index (χ1v) is 10.4. The molecule has 0 aliphatic heterocycles. The predicted octanol–water partition coefficient (Wildman–Crippen LogP) is 3.67. The molecule has 0 fully saturated rings. The van der Waals surface area contributed by atoms with Crippen LogP contribution in [0, 0.1) is 0 Å². The zero-order valence-electron chi connectivity index (χ0n) is 16.6. The second kappa shape index (κ2) is 8.75. The largest absolute Gasteiger partial charge is 0.417 e. The van der Waals surface area contributed by atoms with Gasteiger partial charge in [-0.2, -0.15) is 18.3 Å². The number of rotatable bonds is 5. The zero-order valence-corrected chi connectivity index (χ0v) is 18.2. The summed E-state index contributed by atoms with van der Waals surface area (Å²) in [6.45, 7) is 0.0156. The summed E-state index contributed by atoms with van der Waals surface area (Å²) in [7, 11) is 1.69. The average Bonchev–Trinajstić information content (AvgIpc) is 3.40.